The molecule has 0 spiro atoms. The van der Waals surface area contributed by atoms with Gasteiger partial charge in [0.05, 0.1) is 11.9 Å². The molecular weight excluding hydrogens is 273 g/mol. The number of rotatable bonds is 4. The van der Waals surface area contributed by atoms with Crippen molar-refractivity contribution in [3.8, 4) is 11.8 Å². The molecule has 2 N–H and O–H groups in total. The molecule has 1 aromatic heterocycles. The van der Waals surface area contributed by atoms with E-state index in [1.807, 2.05) is 0 Å². The van der Waals surface area contributed by atoms with Gasteiger partial charge >= 0.3 is 0 Å². The highest BCUT2D eigenvalue weighted by molar-refractivity contribution is 5.90. The number of nitrogens with zero attached hydrogens (tertiary/aromatic N) is 2. The zero-order valence-electron chi connectivity index (χ0n) is 11.2. The summed E-state index contributed by atoms with van der Waals surface area (Å²) in [6.07, 6.45) is 5.33. The standard InChI is InChI=1S/C15H14FN3O2/c16-14-4-3-13(10-12(14)2-1-9-20)18-15(21)5-7-19-8-6-17-11-19/h3-4,6,8,10-11,20H,5,7,9H2,(H,18,21). The van der Waals surface area contributed by atoms with Gasteiger partial charge in [0.2, 0.25) is 5.91 Å². The summed E-state index contributed by atoms with van der Waals surface area (Å²) in [5.74, 6) is 4.19. The Bertz CT molecular complexity index is 672. The van der Waals surface area contributed by atoms with Gasteiger partial charge in [0, 0.05) is 31.0 Å². The number of amides is 1. The zero-order chi connectivity index (χ0) is 15.1. The topological polar surface area (TPSA) is 67.2 Å². The van der Waals surface area contributed by atoms with Gasteiger partial charge in [0.15, 0.2) is 0 Å². The van der Waals surface area contributed by atoms with Crippen molar-refractivity contribution in [3.05, 3.63) is 48.3 Å². The average molecular weight is 287 g/mol. The van der Waals surface area contributed by atoms with E-state index in [0.717, 1.165) is 0 Å². The van der Waals surface area contributed by atoms with E-state index in [0.29, 0.717) is 12.2 Å². The van der Waals surface area contributed by atoms with Gasteiger partial charge < -0.3 is 15.0 Å². The van der Waals surface area contributed by atoms with Crippen molar-refractivity contribution in [1.29, 1.82) is 0 Å². The maximum absolute atomic E-state index is 13.5. The minimum absolute atomic E-state index is 0.136. The molecule has 0 aliphatic rings. The lowest BCUT2D eigenvalue weighted by atomic mass is 10.2. The van der Waals surface area contributed by atoms with Gasteiger partial charge in [-0.1, -0.05) is 11.8 Å². The fourth-order valence-electron chi connectivity index (χ4n) is 1.71. The Morgan fingerprint density at radius 1 is 1.48 bits per heavy atom. The molecule has 6 heteroatoms. The van der Waals surface area contributed by atoms with Gasteiger partial charge in [-0.2, -0.15) is 0 Å². The van der Waals surface area contributed by atoms with Crippen molar-refractivity contribution >= 4 is 11.6 Å². The number of aliphatic hydroxyl groups excluding tert-OH is 1. The molecule has 1 aromatic carbocycles. The molecule has 1 amide bonds. The van der Waals surface area contributed by atoms with E-state index in [1.165, 1.54) is 18.2 Å². The van der Waals surface area contributed by atoms with Crippen LogP contribution < -0.4 is 5.32 Å². The molecule has 5 nitrogen and oxygen atoms in total. The van der Waals surface area contributed by atoms with E-state index in [1.54, 1.807) is 23.3 Å². The van der Waals surface area contributed by atoms with Crippen LogP contribution in [0.5, 0.6) is 0 Å². The minimum atomic E-state index is -0.493. The second-order valence-electron chi connectivity index (χ2n) is 4.25. The van der Waals surface area contributed by atoms with Gasteiger partial charge in [-0.05, 0) is 18.2 Å². The van der Waals surface area contributed by atoms with Crippen LogP contribution in [0.15, 0.2) is 36.9 Å². The number of hydrogen-bond acceptors (Lipinski definition) is 3. The highest BCUT2D eigenvalue weighted by atomic mass is 19.1. The monoisotopic (exact) mass is 287 g/mol. The van der Waals surface area contributed by atoms with Gasteiger partial charge in [-0.25, -0.2) is 9.37 Å². The summed E-state index contributed by atoms with van der Waals surface area (Å²) >= 11 is 0. The third kappa shape index (κ3) is 4.44. The number of aliphatic hydroxyl groups is 1. The molecule has 2 rings (SSSR count). The third-order valence-corrected chi connectivity index (χ3v) is 2.71. The number of imidazole rings is 1. The molecule has 2 aromatic rings. The fraction of sp³-hybridized carbons (Fsp3) is 0.200. The molecule has 0 atom stereocenters. The number of benzene rings is 1. The van der Waals surface area contributed by atoms with Crippen LogP contribution in [0.25, 0.3) is 0 Å². The Balaban J connectivity index is 1.97. The van der Waals surface area contributed by atoms with Crippen LogP contribution in [-0.4, -0.2) is 27.2 Å². The molecule has 1 heterocycles. The van der Waals surface area contributed by atoms with E-state index >= 15 is 0 Å². The molecular formula is C15H14FN3O2. The minimum Gasteiger partial charge on any atom is -0.384 e. The summed E-state index contributed by atoms with van der Waals surface area (Å²) in [6.45, 7) is 0.172. The molecule has 0 saturated heterocycles. The van der Waals surface area contributed by atoms with Crippen LogP contribution in [0.1, 0.15) is 12.0 Å². The molecule has 0 unspecified atom stereocenters. The van der Waals surface area contributed by atoms with Gasteiger partial charge in [-0.3, -0.25) is 4.79 Å². The van der Waals surface area contributed by atoms with Crippen LogP contribution in [0.4, 0.5) is 10.1 Å². The number of carbonyl (C=O) groups excluding carboxylic acids is 1. The van der Waals surface area contributed by atoms with E-state index < -0.39 is 5.82 Å². The summed E-state index contributed by atoms with van der Waals surface area (Å²) in [6, 6.07) is 4.13. The number of aryl methyl sites for hydroxylation is 1. The van der Waals surface area contributed by atoms with E-state index in [9.17, 15) is 9.18 Å². The maximum atomic E-state index is 13.5. The van der Waals surface area contributed by atoms with Crippen LogP contribution in [0.3, 0.4) is 0 Å². The first-order valence-electron chi connectivity index (χ1n) is 6.34. The molecule has 0 bridgehead atoms. The Morgan fingerprint density at radius 3 is 3.05 bits per heavy atom. The smallest absolute Gasteiger partial charge is 0.226 e. The Hall–Kier alpha value is -2.65. The largest absolute Gasteiger partial charge is 0.384 e. The molecule has 108 valence electrons. The average Bonchev–Trinajstić information content (AvgIpc) is 2.99. The first-order valence-corrected chi connectivity index (χ1v) is 6.34. The number of hydrogen-bond donors (Lipinski definition) is 2. The number of nitrogens with one attached hydrogen (secondary N) is 1. The van der Waals surface area contributed by atoms with Gasteiger partial charge in [0.25, 0.3) is 0 Å². The number of anilines is 1. The van der Waals surface area contributed by atoms with Crippen LogP contribution in [0.2, 0.25) is 0 Å². The Labute approximate surface area is 121 Å². The molecule has 0 radical (unpaired) electrons. The quantitative estimate of drug-likeness (QED) is 0.835. The SMILES string of the molecule is O=C(CCn1ccnc1)Nc1ccc(F)c(C#CCO)c1. The predicted octanol–water partition coefficient (Wildman–Crippen LogP) is 1.39. The highest BCUT2D eigenvalue weighted by Gasteiger charge is 2.05. The van der Waals surface area contributed by atoms with Crippen LogP contribution >= 0.6 is 0 Å². The summed E-state index contributed by atoms with van der Waals surface area (Å²) in [4.78, 5) is 15.7. The Morgan fingerprint density at radius 2 is 2.33 bits per heavy atom. The van der Waals surface area contributed by atoms with Crippen molar-refractivity contribution in [3.63, 3.8) is 0 Å². The molecule has 0 aliphatic carbocycles. The van der Waals surface area contributed by atoms with Crippen molar-refractivity contribution in [1.82, 2.24) is 9.55 Å². The number of aromatic nitrogens is 2. The van der Waals surface area contributed by atoms with Gasteiger partial charge in [-0.15, -0.1) is 0 Å². The second kappa shape index (κ2) is 7.22. The van der Waals surface area contributed by atoms with Crippen molar-refractivity contribution < 1.29 is 14.3 Å². The molecule has 0 saturated carbocycles. The van der Waals surface area contributed by atoms with E-state index in [4.69, 9.17) is 5.11 Å². The Kier molecular flexibility index (Phi) is 5.07. The summed E-state index contributed by atoms with van der Waals surface area (Å²) in [7, 11) is 0. The summed E-state index contributed by atoms with van der Waals surface area (Å²) in [5, 5.41) is 11.3. The van der Waals surface area contributed by atoms with Crippen molar-refractivity contribution in [2.24, 2.45) is 0 Å². The lowest BCUT2D eigenvalue weighted by molar-refractivity contribution is -0.116. The third-order valence-electron chi connectivity index (χ3n) is 2.71. The van der Waals surface area contributed by atoms with E-state index in [-0.39, 0.29) is 24.5 Å². The van der Waals surface area contributed by atoms with Crippen LogP contribution in [0, 0.1) is 17.7 Å². The fourth-order valence-corrected chi connectivity index (χ4v) is 1.71. The molecule has 21 heavy (non-hydrogen) atoms. The normalized spacial score (nSPS) is 9.81. The predicted molar refractivity (Wildman–Crippen MR) is 75.8 cm³/mol. The first-order chi connectivity index (χ1) is 10.2. The van der Waals surface area contributed by atoms with E-state index in [2.05, 4.69) is 22.1 Å². The van der Waals surface area contributed by atoms with Crippen molar-refractivity contribution in [2.75, 3.05) is 11.9 Å². The number of halogens is 1. The lowest BCUT2D eigenvalue weighted by Crippen LogP contribution is -2.14. The molecule has 0 fully saturated rings. The lowest BCUT2D eigenvalue weighted by Gasteiger charge is -2.06. The molecule has 0 aliphatic heterocycles. The summed E-state index contributed by atoms with van der Waals surface area (Å²) in [5.41, 5.74) is 0.603. The van der Waals surface area contributed by atoms with Crippen molar-refractivity contribution in [2.45, 2.75) is 13.0 Å². The second-order valence-corrected chi connectivity index (χ2v) is 4.25. The first kappa shape index (κ1) is 14.8. The highest BCUT2D eigenvalue weighted by Crippen LogP contribution is 2.14. The number of carbonyl (C=O) groups is 1. The maximum Gasteiger partial charge on any atom is 0.226 e. The zero-order valence-corrected chi connectivity index (χ0v) is 11.2. The van der Waals surface area contributed by atoms with Crippen LogP contribution in [-0.2, 0) is 11.3 Å². The van der Waals surface area contributed by atoms with Gasteiger partial charge in [0.1, 0.15) is 12.4 Å². The summed E-state index contributed by atoms with van der Waals surface area (Å²) < 4.78 is 15.3.